The Kier molecular flexibility index (Phi) is 3.33. The standard InChI is InChI=1S/C15H20N2O/c18-16-15-13-7-4-8-14(15)11-17(10-13)9-12-5-2-1-3-6-12/h1-3,5-6,13-14,18H,4,7-11H2/t13-,14+. The number of nitrogens with zero attached hydrogens (tertiary/aromatic N) is 2. The van der Waals surface area contributed by atoms with Gasteiger partial charge in [0.1, 0.15) is 0 Å². The molecule has 2 bridgehead atoms. The smallest absolute Gasteiger partial charge is 0.0657 e. The zero-order valence-corrected chi connectivity index (χ0v) is 10.6. The zero-order chi connectivity index (χ0) is 12.4. The first-order valence-electron chi connectivity index (χ1n) is 6.85. The van der Waals surface area contributed by atoms with Crippen molar-refractivity contribution < 1.29 is 5.21 Å². The van der Waals surface area contributed by atoms with Crippen molar-refractivity contribution in [3.63, 3.8) is 0 Å². The van der Waals surface area contributed by atoms with Gasteiger partial charge in [-0.15, -0.1) is 0 Å². The summed E-state index contributed by atoms with van der Waals surface area (Å²) in [4.78, 5) is 2.51. The van der Waals surface area contributed by atoms with E-state index >= 15 is 0 Å². The Morgan fingerprint density at radius 2 is 1.78 bits per heavy atom. The van der Waals surface area contributed by atoms with E-state index in [0.29, 0.717) is 11.8 Å². The first-order chi connectivity index (χ1) is 8.86. The lowest BCUT2D eigenvalue weighted by molar-refractivity contribution is 0.161. The topological polar surface area (TPSA) is 35.8 Å². The number of fused-ring (bicyclic) bond motifs is 2. The molecule has 3 rings (SSSR count). The number of likely N-dealkylation sites (tertiary alicyclic amines) is 1. The van der Waals surface area contributed by atoms with E-state index in [1.807, 2.05) is 0 Å². The van der Waals surface area contributed by atoms with Gasteiger partial charge < -0.3 is 5.21 Å². The molecule has 1 aliphatic carbocycles. The summed E-state index contributed by atoms with van der Waals surface area (Å²) in [6, 6.07) is 10.6. The molecular formula is C15H20N2O. The monoisotopic (exact) mass is 244 g/mol. The number of hydrogen-bond donors (Lipinski definition) is 1. The van der Waals surface area contributed by atoms with Gasteiger partial charge in [-0.1, -0.05) is 41.9 Å². The van der Waals surface area contributed by atoms with Crippen LogP contribution in [0.3, 0.4) is 0 Å². The van der Waals surface area contributed by atoms with Gasteiger partial charge in [-0.2, -0.15) is 0 Å². The summed E-state index contributed by atoms with van der Waals surface area (Å²) in [5.74, 6) is 0.956. The highest BCUT2D eigenvalue weighted by Gasteiger charge is 2.36. The Morgan fingerprint density at radius 1 is 1.11 bits per heavy atom. The van der Waals surface area contributed by atoms with Crippen molar-refractivity contribution in [2.45, 2.75) is 25.8 Å². The number of benzene rings is 1. The van der Waals surface area contributed by atoms with Crippen LogP contribution in [0.25, 0.3) is 0 Å². The van der Waals surface area contributed by atoms with Crippen LogP contribution in [-0.2, 0) is 6.54 Å². The zero-order valence-electron chi connectivity index (χ0n) is 10.6. The maximum absolute atomic E-state index is 9.14. The second-order valence-electron chi connectivity index (χ2n) is 5.53. The molecule has 0 radical (unpaired) electrons. The van der Waals surface area contributed by atoms with Crippen molar-refractivity contribution in [1.29, 1.82) is 0 Å². The minimum Gasteiger partial charge on any atom is -0.411 e. The molecule has 96 valence electrons. The lowest BCUT2D eigenvalue weighted by atomic mass is 9.76. The van der Waals surface area contributed by atoms with Gasteiger partial charge in [-0.3, -0.25) is 4.90 Å². The van der Waals surface area contributed by atoms with E-state index < -0.39 is 0 Å². The largest absolute Gasteiger partial charge is 0.411 e. The third kappa shape index (κ3) is 2.27. The maximum atomic E-state index is 9.14. The molecule has 1 aromatic rings. The van der Waals surface area contributed by atoms with Crippen molar-refractivity contribution in [3.05, 3.63) is 35.9 Å². The summed E-state index contributed by atoms with van der Waals surface area (Å²) in [5, 5.41) is 12.7. The SMILES string of the molecule is ON=C1[C@@H]2CCC[C@H]1CN(Cc1ccccc1)C2. The molecule has 2 fully saturated rings. The van der Waals surface area contributed by atoms with Crippen LogP contribution in [0.15, 0.2) is 35.5 Å². The van der Waals surface area contributed by atoms with Crippen molar-refractivity contribution in [2.24, 2.45) is 17.0 Å². The molecule has 18 heavy (non-hydrogen) atoms. The highest BCUT2D eigenvalue weighted by atomic mass is 16.4. The van der Waals surface area contributed by atoms with Gasteiger partial charge in [0.25, 0.3) is 0 Å². The fraction of sp³-hybridized carbons (Fsp3) is 0.533. The Balaban J connectivity index is 1.70. The van der Waals surface area contributed by atoms with Crippen LogP contribution in [0.2, 0.25) is 0 Å². The average molecular weight is 244 g/mol. The predicted octanol–water partition coefficient (Wildman–Crippen LogP) is 2.75. The highest BCUT2D eigenvalue weighted by Crippen LogP contribution is 2.33. The summed E-state index contributed by atoms with van der Waals surface area (Å²) in [6.07, 6.45) is 3.65. The molecule has 1 saturated heterocycles. The maximum Gasteiger partial charge on any atom is 0.0657 e. The average Bonchev–Trinajstić information content (AvgIpc) is 2.39. The number of rotatable bonds is 2. The van der Waals surface area contributed by atoms with Crippen LogP contribution in [0.1, 0.15) is 24.8 Å². The third-order valence-electron chi connectivity index (χ3n) is 4.26. The van der Waals surface area contributed by atoms with Crippen LogP contribution in [0.5, 0.6) is 0 Å². The molecule has 1 aliphatic heterocycles. The van der Waals surface area contributed by atoms with E-state index in [1.54, 1.807) is 0 Å². The molecule has 3 nitrogen and oxygen atoms in total. The minimum atomic E-state index is 0.478. The summed E-state index contributed by atoms with van der Waals surface area (Å²) >= 11 is 0. The Hall–Kier alpha value is -1.35. The molecule has 3 heteroatoms. The molecule has 2 atom stereocenters. The van der Waals surface area contributed by atoms with Crippen LogP contribution in [0.4, 0.5) is 0 Å². The highest BCUT2D eigenvalue weighted by molar-refractivity contribution is 5.90. The molecule has 0 aromatic heterocycles. The Morgan fingerprint density at radius 3 is 2.39 bits per heavy atom. The van der Waals surface area contributed by atoms with Crippen molar-refractivity contribution in [3.8, 4) is 0 Å². The van der Waals surface area contributed by atoms with Gasteiger partial charge in [0, 0.05) is 31.5 Å². The Labute approximate surface area is 108 Å². The molecule has 1 saturated carbocycles. The van der Waals surface area contributed by atoms with E-state index in [-0.39, 0.29) is 0 Å². The lowest BCUT2D eigenvalue weighted by Crippen LogP contribution is -2.48. The summed E-state index contributed by atoms with van der Waals surface area (Å²) in [6.45, 7) is 3.11. The predicted molar refractivity (Wildman–Crippen MR) is 71.8 cm³/mol. The van der Waals surface area contributed by atoms with E-state index in [2.05, 4.69) is 40.4 Å². The lowest BCUT2D eigenvalue weighted by Gasteiger charge is -2.41. The number of oxime groups is 1. The molecule has 0 unspecified atom stereocenters. The molecule has 1 N–H and O–H groups in total. The van der Waals surface area contributed by atoms with E-state index in [0.717, 1.165) is 25.3 Å². The quantitative estimate of drug-likeness (QED) is 0.641. The second-order valence-corrected chi connectivity index (χ2v) is 5.53. The number of piperidine rings is 1. The van der Waals surface area contributed by atoms with Crippen molar-refractivity contribution in [2.75, 3.05) is 13.1 Å². The van der Waals surface area contributed by atoms with Crippen LogP contribution in [0, 0.1) is 11.8 Å². The summed E-state index contributed by atoms with van der Waals surface area (Å²) in [7, 11) is 0. The fourth-order valence-corrected chi connectivity index (χ4v) is 3.44. The number of hydrogen-bond acceptors (Lipinski definition) is 3. The van der Waals surface area contributed by atoms with Crippen LogP contribution >= 0.6 is 0 Å². The second kappa shape index (κ2) is 5.11. The van der Waals surface area contributed by atoms with Gasteiger partial charge in [0.2, 0.25) is 0 Å². The van der Waals surface area contributed by atoms with E-state index in [1.165, 1.54) is 24.8 Å². The molecule has 0 amide bonds. The molecular weight excluding hydrogens is 224 g/mol. The van der Waals surface area contributed by atoms with Gasteiger partial charge in [0.15, 0.2) is 0 Å². The molecule has 1 aromatic carbocycles. The van der Waals surface area contributed by atoms with Crippen molar-refractivity contribution >= 4 is 5.71 Å². The third-order valence-corrected chi connectivity index (χ3v) is 4.26. The Bertz CT molecular complexity index is 413. The van der Waals surface area contributed by atoms with E-state index in [9.17, 15) is 0 Å². The summed E-state index contributed by atoms with van der Waals surface area (Å²) in [5.41, 5.74) is 2.44. The normalized spacial score (nSPS) is 30.6. The van der Waals surface area contributed by atoms with Crippen LogP contribution < -0.4 is 0 Å². The first-order valence-corrected chi connectivity index (χ1v) is 6.85. The minimum absolute atomic E-state index is 0.478. The molecule has 1 heterocycles. The fourth-order valence-electron chi connectivity index (χ4n) is 3.44. The van der Waals surface area contributed by atoms with Crippen LogP contribution in [-0.4, -0.2) is 28.9 Å². The summed E-state index contributed by atoms with van der Waals surface area (Å²) < 4.78 is 0. The van der Waals surface area contributed by atoms with Gasteiger partial charge >= 0.3 is 0 Å². The van der Waals surface area contributed by atoms with Crippen molar-refractivity contribution in [1.82, 2.24) is 4.90 Å². The molecule has 2 aliphatic rings. The molecule has 0 spiro atoms. The van der Waals surface area contributed by atoms with Gasteiger partial charge in [0.05, 0.1) is 5.71 Å². The first kappa shape index (κ1) is 11.7. The van der Waals surface area contributed by atoms with E-state index in [4.69, 9.17) is 5.21 Å². The van der Waals surface area contributed by atoms with Gasteiger partial charge in [-0.25, -0.2) is 0 Å². The van der Waals surface area contributed by atoms with Gasteiger partial charge in [-0.05, 0) is 18.4 Å².